The zero-order chi connectivity index (χ0) is 14.7. The van der Waals surface area contributed by atoms with Crippen LogP contribution < -0.4 is 0 Å². The van der Waals surface area contributed by atoms with Gasteiger partial charge in [0.2, 0.25) is 0 Å². The Bertz CT molecular complexity index is 511. The molecule has 0 saturated carbocycles. The summed E-state index contributed by atoms with van der Waals surface area (Å²) in [7, 11) is 0. The zero-order valence-electron chi connectivity index (χ0n) is 12.6. The predicted molar refractivity (Wildman–Crippen MR) is 83.7 cm³/mol. The standard InChI is InChI=1S/C18H23NO2/c1-14-13-17(21-18(14)20)16-10-6-12-19(16)11-5-9-15-7-3-2-4-8-15/h2-5,7-9,14,16-17H,6,10-13H2,1H3/b9-5+/t14-,16-,17-/m0/s1. The first-order valence-corrected chi connectivity index (χ1v) is 7.90. The Labute approximate surface area is 126 Å². The highest BCUT2D eigenvalue weighted by molar-refractivity contribution is 5.74. The number of likely N-dealkylation sites (tertiary alicyclic amines) is 1. The number of rotatable bonds is 4. The average molecular weight is 285 g/mol. The molecule has 1 aromatic carbocycles. The summed E-state index contributed by atoms with van der Waals surface area (Å²) in [6.07, 6.45) is 7.70. The maximum Gasteiger partial charge on any atom is 0.309 e. The van der Waals surface area contributed by atoms with Crippen LogP contribution >= 0.6 is 0 Å². The van der Waals surface area contributed by atoms with Crippen molar-refractivity contribution < 1.29 is 9.53 Å². The third-order valence-corrected chi connectivity index (χ3v) is 4.55. The van der Waals surface area contributed by atoms with E-state index in [-0.39, 0.29) is 18.0 Å². The van der Waals surface area contributed by atoms with Crippen molar-refractivity contribution in [3.63, 3.8) is 0 Å². The molecule has 21 heavy (non-hydrogen) atoms. The van der Waals surface area contributed by atoms with Crippen LogP contribution in [0.25, 0.3) is 6.08 Å². The van der Waals surface area contributed by atoms with Crippen LogP contribution in [0.5, 0.6) is 0 Å². The SMILES string of the molecule is C[C@H]1C[C@@H]([C@@H]2CCCN2C/C=C/c2ccccc2)OC1=O. The molecule has 1 aromatic rings. The molecule has 0 bridgehead atoms. The van der Waals surface area contributed by atoms with Gasteiger partial charge < -0.3 is 4.74 Å². The highest BCUT2D eigenvalue weighted by atomic mass is 16.6. The van der Waals surface area contributed by atoms with Crippen molar-refractivity contribution in [2.75, 3.05) is 13.1 Å². The smallest absolute Gasteiger partial charge is 0.309 e. The molecule has 0 unspecified atom stereocenters. The van der Waals surface area contributed by atoms with E-state index in [0.29, 0.717) is 6.04 Å². The summed E-state index contributed by atoms with van der Waals surface area (Å²) in [5.41, 5.74) is 1.23. The molecule has 3 rings (SSSR count). The highest BCUT2D eigenvalue weighted by Crippen LogP contribution is 2.30. The van der Waals surface area contributed by atoms with E-state index in [1.165, 1.54) is 12.0 Å². The molecule has 112 valence electrons. The topological polar surface area (TPSA) is 29.5 Å². The van der Waals surface area contributed by atoms with Crippen LogP contribution in [0.4, 0.5) is 0 Å². The fourth-order valence-corrected chi connectivity index (χ4v) is 3.38. The Kier molecular flexibility index (Phi) is 4.39. The van der Waals surface area contributed by atoms with E-state index >= 15 is 0 Å². The third kappa shape index (κ3) is 3.35. The number of ether oxygens (including phenoxy) is 1. The number of carbonyl (C=O) groups is 1. The summed E-state index contributed by atoms with van der Waals surface area (Å²) < 4.78 is 5.55. The average Bonchev–Trinajstić information content (AvgIpc) is 3.08. The van der Waals surface area contributed by atoms with Crippen LogP contribution in [0, 0.1) is 5.92 Å². The minimum atomic E-state index is -0.0216. The van der Waals surface area contributed by atoms with Crippen molar-refractivity contribution in [3.8, 4) is 0 Å². The quantitative estimate of drug-likeness (QED) is 0.796. The molecule has 3 heteroatoms. The molecule has 2 aliphatic rings. The number of carbonyl (C=O) groups excluding carboxylic acids is 1. The Morgan fingerprint density at radius 1 is 1.33 bits per heavy atom. The fraction of sp³-hybridized carbons (Fsp3) is 0.500. The Morgan fingerprint density at radius 3 is 2.86 bits per heavy atom. The lowest BCUT2D eigenvalue weighted by atomic mass is 10.0. The number of hydrogen-bond acceptors (Lipinski definition) is 3. The number of cyclic esters (lactones) is 1. The van der Waals surface area contributed by atoms with E-state index in [9.17, 15) is 4.79 Å². The monoisotopic (exact) mass is 285 g/mol. The van der Waals surface area contributed by atoms with Crippen molar-refractivity contribution in [2.45, 2.75) is 38.3 Å². The molecule has 2 heterocycles. The molecule has 3 nitrogen and oxygen atoms in total. The molecular weight excluding hydrogens is 262 g/mol. The maximum absolute atomic E-state index is 11.6. The van der Waals surface area contributed by atoms with E-state index in [2.05, 4.69) is 41.3 Å². The third-order valence-electron chi connectivity index (χ3n) is 4.55. The molecule has 0 radical (unpaired) electrons. The second kappa shape index (κ2) is 6.44. The minimum Gasteiger partial charge on any atom is -0.460 e. The molecule has 0 amide bonds. The number of hydrogen-bond donors (Lipinski definition) is 0. The first-order valence-electron chi connectivity index (χ1n) is 7.90. The van der Waals surface area contributed by atoms with Gasteiger partial charge in [0, 0.05) is 12.6 Å². The largest absolute Gasteiger partial charge is 0.460 e. The summed E-state index contributed by atoms with van der Waals surface area (Å²) in [4.78, 5) is 14.0. The van der Waals surface area contributed by atoms with Crippen molar-refractivity contribution in [2.24, 2.45) is 5.92 Å². The summed E-state index contributed by atoms with van der Waals surface area (Å²) in [5, 5.41) is 0. The van der Waals surface area contributed by atoms with E-state index in [4.69, 9.17) is 4.74 Å². The molecule has 0 aliphatic carbocycles. The summed E-state index contributed by atoms with van der Waals surface area (Å²) in [5.74, 6) is 0.0454. The van der Waals surface area contributed by atoms with Crippen LogP contribution in [-0.4, -0.2) is 36.1 Å². The molecule has 0 spiro atoms. The fourth-order valence-electron chi connectivity index (χ4n) is 3.38. The lowest BCUT2D eigenvalue weighted by Crippen LogP contribution is -2.39. The van der Waals surface area contributed by atoms with Crippen LogP contribution in [0.15, 0.2) is 36.4 Å². The Morgan fingerprint density at radius 2 is 2.14 bits per heavy atom. The van der Waals surface area contributed by atoms with Crippen molar-refractivity contribution in [1.82, 2.24) is 4.90 Å². The van der Waals surface area contributed by atoms with Gasteiger partial charge in [0.15, 0.2) is 0 Å². The minimum absolute atomic E-state index is 0.0216. The lowest BCUT2D eigenvalue weighted by Gasteiger charge is -2.27. The molecular formula is C18H23NO2. The van der Waals surface area contributed by atoms with Crippen molar-refractivity contribution >= 4 is 12.0 Å². The normalized spacial score (nSPS) is 30.1. The number of benzene rings is 1. The van der Waals surface area contributed by atoms with E-state index < -0.39 is 0 Å². The Hall–Kier alpha value is -1.61. The van der Waals surface area contributed by atoms with Gasteiger partial charge in [-0.3, -0.25) is 9.69 Å². The molecule has 3 atom stereocenters. The van der Waals surface area contributed by atoms with Crippen LogP contribution in [0.3, 0.4) is 0 Å². The molecule has 0 aromatic heterocycles. The van der Waals surface area contributed by atoms with Gasteiger partial charge in [0.25, 0.3) is 0 Å². The highest BCUT2D eigenvalue weighted by Gasteiger charge is 2.40. The second-order valence-electron chi connectivity index (χ2n) is 6.13. The molecule has 2 saturated heterocycles. The van der Waals surface area contributed by atoms with Crippen LogP contribution in [-0.2, 0) is 9.53 Å². The van der Waals surface area contributed by atoms with E-state index in [0.717, 1.165) is 25.9 Å². The van der Waals surface area contributed by atoms with Crippen molar-refractivity contribution in [1.29, 1.82) is 0 Å². The number of esters is 1. The van der Waals surface area contributed by atoms with Crippen LogP contribution in [0.1, 0.15) is 31.7 Å². The van der Waals surface area contributed by atoms with E-state index in [1.807, 2.05) is 13.0 Å². The Balaban J connectivity index is 1.57. The molecule has 2 aliphatic heterocycles. The first-order chi connectivity index (χ1) is 10.2. The van der Waals surface area contributed by atoms with Gasteiger partial charge in [-0.25, -0.2) is 0 Å². The predicted octanol–water partition coefficient (Wildman–Crippen LogP) is 3.12. The summed E-state index contributed by atoms with van der Waals surface area (Å²) in [6.45, 7) is 4.01. The van der Waals surface area contributed by atoms with Crippen LogP contribution in [0.2, 0.25) is 0 Å². The van der Waals surface area contributed by atoms with E-state index in [1.54, 1.807) is 0 Å². The molecule has 0 N–H and O–H groups in total. The first kappa shape index (κ1) is 14.3. The van der Waals surface area contributed by atoms with Crippen molar-refractivity contribution in [3.05, 3.63) is 42.0 Å². The van der Waals surface area contributed by atoms with Gasteiger partial charge >= 0.3 is 5.97 Å². The van der Waals surface area contributed by atoms with Gasteiger partial charge in [-0.1, -0.05) is 49.4 Å². The van der Waals surface area contributed by atoms with Gasteiger partial charge in [-0.2, -0.15) is 0 Å². The lowest BCUT2D eigenvalue weighted by molar-refractivity contribution is -0.145. The summed E-state index contributed by atoms with van der Waals surface area (Å²) in [6, 6.07) is 10.8. The van der Waals surface area contributed by atoms with Gasteiger partial charge in [0.1, 0.15) is 6.10 Å². The molecule has 2 fully saturated rings. The maximum atomic E-state index is 11.6. The van der Waals surface area contributed by atoms with Gasteiger partial charge in [0.05, 0.1) is 5.92 Å². The second-order valence-corrected chi connectivity index (χ2v) is 6.13. The summed E-state index contributed by atoms with van der Waals surface area (Å²) >= 11 is 0. The number of nitrogens with zero attached hydrogens (tertiary/aromatic N) is 1. The van der Waals surface area contributed by atoms with Gasteiger partial charge in [-0.15, -0.1) is 0 Å². The zero-order valence-corrected chi connectivity index (χ0v) is 12.6. The van der Waals surface area contributed by atoms with Gasteiger partial charge in [-0.05, 0) is 31.4 Å².